The van der Waals surface area contributed by atoms with Crippen LogP contribution in [-0.4, -0.2) is 48.4 Å². The lowest BCUT2D eigenvalue weighted by atomic mass is 10.0. The Balaban J connectivity index is 1.87. The molecule has 0 aromatic heterocycles. The number of ketones is 1. The summed E-state index contributed by atoms with van der Waals surface area (Å²) in [5.74, 6) is 2.10. The lowest BCUT2D eigenvalue weighted by molar-refractivity contribution is -0.136. The van der Waals surface area contributed by atoms with Crippen molar-refractivity contribution < 1.29 is 18.0 Å². The van der Waals surface area contributed by atoms with E-state index in [1.807, 2.05) is 31.2 Å². The van der Waals surface area contributed by atoms with Crippen LogP contribution in [0.3, 0.4) is 0 Å². The average Bonchev–Trinajstić information content (AvgIpc) is 2.79. The highest BCUT2D eigenvalue weighted by molar-refractivity contribution is 7.89. The number of benzene rings is 2. The third kappa shape index (κ3) is 5.26. The SMILES string of the molecule is C#CCN(Cc1ccc(C)cc1)C(=O)C1CCCCN1S(=O)(=O)c1ccc(C(C)=O)cc1. The van der Waals surface area contributed by atoms with Crippen LogP contribution in [0.1, 0.15) is 47.7 Å². The molecule has 0 N–H and O–H groups in total. The molecule has 2 aromatic carbocycles. The molecule has 2 aromatic rings. The number of rotatable bonds is 7. The second kappa shape index (κ2) is 10.1. The molecule has 0 spiro atoms. The summed E-state index contributed by atoms with van der Waals surface area (Å²) in [4.78, 5) is 26.6. The van der Waals surface area contributed by atoms with E-state index >= 15 is 0 Å². The minimum Gasteiger partial charge on any atom is -0.326 e. The smallest absolute Gasteiger partial charge is 0.243 e. The number of hydrogen-bond acceptors (Lipinski definition) is 4. The summed E-state index contributed by atoms with van der Waals surface area (Å²) in [7, 11) is -3.90. The molecular weight excluding hydrogens is 424 g/mol. The Kier molecular flexibility index (Phi) is 7.49. The number of nitrogens with zero attached hydrogens (tertiary/aromatic N) is 2. The molecule has 1 heterocycles. The average molecular weight is 453 g/mol. The first kappa shape index (κ1) is 23.7. The van der Waals surface area contributed by atoms with Crippen molar-refractivity contribution in [2.45, 2.75) is 50.6 Å². The second-order valence-corrected chi connectivity index (χ2v) is 9.98. The molecule has 1 unspecified atom stereocenters. The zero-order valence-corrected chi connectivity index (χ0v) is 19.3. The van der Waals surface area contributed by atoms with Crippen LogP contribution in [0.2, 0.25) is 0 Å². The number of piperidine rings is 1. The van der Waals surface area contributed by atoms with Gasteiger partial charge in [-0.2, -0.15) is 4.31 Å². The zero-order chi connectivity index (χ0) is 23.3. The summed E-state index contributed by atoms with van der Waals surface area (Å²) < 4.78 is 28.1. The molecule has 1 aliphatic heterocycles. The van der Waals surface area contributed by atoms with E-state index in [0.717, 1.165) is 17.5 Å². The number of hydrogen-bond donors (Lipinski definition) is 0. The maximum atomic E-state index is 13.5. The van der Waals surface area contributed by atoms with Crippen LogP contribution in [0.25, 0.3) is 0 Å². The Hall–Kier alpha value is -2.95. The van der Waals surface area contributed by atoms with Gasteiger partial charge in [0.15, 0.2) is 5.78 Å². The van der Waals surface area contributed by atoms with Crippen LogP contribution in [0, 0.1) is 19.3 Å². The number of aryl methyl sites for hydroxylation is 1. The van der Waals surface area contributed by atoms with Crippen molar-refractivity contribution in [3.8, 4) is 12.3 Å². The highest BCUT2D eigenvalue weighted by Gasteiger charge is 2.39. The summed E-state index contributed by atoms with van der Waals surface area (Å²) >= 11 is 0. The fourth-order valence-electron chi connectivity index (χ4n) is 3.88. The number of terminal acetylenes is 1. The lowest BCUT2D eigenvalue weighted by Gasteiger charge is -2.36. The molecule has 168 valence electrons. The Labute approximate surface area is 190 Å². The van der Waals surface area contributed by atoms with E-state index in [2.05, 4.69) is 5.92 Å². The van der Waals surface area contributed by atoms with Crippen molar-refractivity contribution in [3.63, 3.8) is 0 Å². The van der Waals surface area contributed by atoms with Gasteiger partial charge in [0.25, 0.3) is 0 Å². The normalized spacial score (nSPS) is 16.8. The van der Waals surface area contributed by atoms with E-state index < -0.39 is 16.1 Å². The van der Waals surface area contributed by atoms with Gasteiger partial charge < -0.3 is 4.90 Å². The van der Waals surface area contributed by atoms with Crippen molar-refractivity contribution in [3.05, 3.63) is 65.2 Å². The van der Waals surface area contributed by atoms with Crippen molar-refractivity contribution in [1.82, 2.24) is 9.21 Å². The second-order valence-electron chi connectivity index (χ2n) is 8.09. The molecule has 1 aliphatic rings. The molecule has 0 radical (unpaired) electrons. The summed E-state index contributed by atoms with van der Waals surface area (Å²) in [6, 6.07) is 12.9. The molecule has 7 heteroatoms. The van der Waals surface area contributed by atoms with E-state index in [4.69, 9.17) is 6.42 Å². The predicted molar refractivity (Wildman–Crippen MR) is 123 cm³/mol. The van der Waals surface area contributed by atoms with Gasteiger partial charge in [-0.15, -0.1) is 6.42 Å². The molecule has 1 atom stereocenters. The maximum Gasteiger partial charge on any atom is 0.243 e. The van der Waals surface area contributed by atoms with E-state index in [-0.39, 0.29) is 29.7 Å². The highest BCUT2D eigenvalue weighted by atomic mass is 32.2. The van der Waals surface area contributed by atoms with Crippen LogP contribution in [0.4, 0.5) is 0 Å². The van der Waals surface area contributed by atoms with E-state index in [0.29, 0.717) is 24.9 Å². The number of carbonyl (C=O) groups excluding carboxylic acids is 2. The first-order chi connectivity index (χ1) is 15.2. The lowest BCUT2D eigenvalue weighted by Crippen LogP contribution is -2.52. The molecule has 0 bridgehead atoms. The summed E-state index contributed by atoms with van der Waals surface area (Å²) in [5.41, 5.74) is 2.49. The number of sulfonamides is 1. The quantitative estimate of drug-likeness (QED) is 0.477. The monoisotopic (exact) mass is 452 g/mol. The van der Waals surface area contributed by atoms with Crippen LogP contribution < -0.4 is 0 Å². The zero-order valence-electron chi connectivity index (χ0n) is 18.5. The van der Waals surface area contributed by atoms with Gasteiger partial charge in [0.1, 0.15) is 6.04 Å². The molecular formula is C25H28N2O4S. The van der Waals surface area contributed by atoms with Gasteiger partial charge in [-0.1, -0.05) is 54.3 Å². The minimum absolute atomic E-state index is 0.0734. The molecule has 0 saturated carbocycles. The van der Waals surface area contributed by atoms with Gasteiger partial charge in [0.05, 0.1) is 11.4 Å². The van der Waals surface area contributed by atoms with Crippen molar-refractivity contribution >= 4 is 21.7 Å². The summed E-state index contributed by atoms with van der Waals surface area (Å²) in [6.45, 7) is 4.10. The van der Waals surface area contributed by atoms with Crippen LogP contribution in [0.15, 0.2) is 53.4 Å². The molecule has 0 aliphatic carbocycles. The number of carbonyl (C=O) groups is 2. The fraction of sp³-hybridized carbons (Fsp3) is 0.360. The fourth-order valence-corrected chi connectivity index (χ4v) is 5.53. The third-order valence-corrected chi connectivity index (χ3v) is 7.62. The van der Waals surface area contributed by atoms with Gasteiger partial charge in [-0.05, 0) is 44.4 Å². The molecule has 1 amide bonds. The largest absolute Gasteiger partial charge is 0.326 e. The maximum absolute atomic E-state index is 13.5. The minimum atomic E-state index is -3.90. The Bertz CT molecular complexity index is 1120. The Morgan fingerprint density at radius 1 is 1.09 bits per heavy atom. The molecule has 3 rings (SSSR count). The first-order valence-electron chi connectivity index (χ1n) is 10.6. The van der Waals surface area contributed by atoms with Crippen LogP contribution in [-0.2, 0) is 21.4 Å². The van der Waals surface area contributed by atoms with Gasteiger partial charge >= 0.3 is 0 Å². The van der Waals surface area contributed by atoms with E-state index in [1.54, 1.807) is 4.90 Å². The summed E-state index contributed by atoms with van der Waals surface area (Å²) in [6.07, 6.45) is 7.41. The molecule has 32 heavy (non-hydrogen) atoms. The summed E-state index contributed by atoms with van der Waals surface area (Å²) in [5, 5.41) is 0. The highest BCUT2D eigenvalue weighted by Crippen LogP contribution is 2.27. The van der Waals surface area contributed by atoms with Crippen molar-refractivity contribution in [2.75, 3.05) is 13.1 Å². The van der Waals surface area contributed by atoms with Gasteiger partial charge in [-0.3, -0.25) is 9.59 Å². The van der Waals surface area contributed by atoms with E-state index in [1.165, 1.54) is 35.5 Å². The van der Waals surface area contributed by atoms with Crippen LogP contribution in [0.5, 0.6) is 0 Å². The first-order valence-corrected chi connectivity index (χ1v) is 12.1. The number of Topliss-reactive ketones (excluding diaryl/α,β-unsaturated/α-hetero) is 1. The Morgan fingerprint density at radius 3 is 2.34 bits per heavy atom. The Morgan fingerprint density at radius 2 is 1.75 bits per heavy atom. The molecule has 1 fully saturated rings. The van der Waals surface area contributed by atoms with Crippen LogP contribution >= 0.6 is 0 Å². The van der Waals surface area contributed by atoms with E-state index in [9.17, 15) is 18.0 Å². The van der Waals surface area contributed by atoms with Gasteiger partial charge in [0, 0.05) is 18.7 Å². The topological polar surface area (TPSA) is 74.8 Å². The van der Waals surface area contributed by atoms with Gasteiger partial charge in [-0.25, -0.2) is 8.42 Å². The van der Waals surface area contributed by atoms with Gasteiger partial charge in [0.2, 0.25) is 15.9 Å². The van der Waals surface area contributed by atoms with Crippen molar-refractivity contribution in [1.29, 1.82) is 0 Å². The molecule has 1 saturated heterocycles. The number of amides is 1. The molecule has 6 nitrogen and oxygen atoms in total. The predicted octanol–water partition coefficient (Wildman–Crippen LogP) is 3.40. The third-order valence-electron chi connectivity index (χ3n) is 5.69. The standard InChI is InChI=1S/C25H28N2O4S/c1-4-16-26(18-21-10-8-19(2)9-11-21)25(29)24-7-5-6-17-27(24)32(30,31)23-14-12-22(13-15-23)20(3)28/h1,8-15,24H,5-7,16-18H2,2-3H3. The van der Waals surface area contributed by atoms with Crippen molar-refractivity contribution in [2.24, 2.45) is 0 Å².